The van der Waals surface area contributed by atoms with Crippen LogP contribution in [-0.2, 0) is 0 Å². The quantitative estimate of drug-likeness (QED) is 0.779. The molecule has 1 aromatic carbocycles. The fraction of sp³-hybridized carbons (Fsp3) is 0.600. The summed E-state index contributed by atoms with van der Waals surface area (Å²) in [6, 6.07) is 6.01. The third-order valence-corrected chi connectivity index (χ3v) is 4.89. The third kappa shape index (κ3) is 3.97. The zero-order valence-corrected chi connectivity index (χ0v) is 13.0. The van der Waals surface area contributed by atoms with Crippen molar-refractivity contribution in [2.24, 2.45) is 11.7 Å². The monoisotopic (exact) mass is 329 g/mol. The number of halogens is 2. The van der Waals surface area contributed by atoms with Gasteiger partial charge in [0.15, 0.2) is 0 Å². The SMILES string of the molecule is NC(CCC1CCCCC1)c1ccc(Cl)cc1Br. The van der Waals surface area contributed by atoms with E-state index in [2.05, 4.69) is 15.9 Å². The van der Waals surface area contributed by atoms with Crippen LogP contribution < -0.4 is 5.73 Å². The van der Waals surface area contributed by atoms with Gasteiger partial charge in [0.1, 0.15) is 0 Å². The van der Waals surface area contributed by atoms with Gasteiger partial charge in [0.25, 0.3) is 0 Å². The van der Waals surface area contributed by atoms with Gasteiger partial charge in [-0.1, -0.05) is 65.7 Å². The molecule has 0 heterocycles. The van der Waals surface area contributed by atoms with E-state index in [-0.39, 0.29) is 6.04 Å². The molecule has 1 unspecified atom stereocenters. The molecule has 1 atom stereocenters. The lowest BCUT2D eigenvalue weighted by molar-refractivity contribution is 0.324. The highest BCUT2D eigenvalue weighted by Crippen LogP contribution is 2.32. The summed E-state index contributed by atoms with van der Waals surface area (Å²) in [5.74, 6) is 0.899. The summed E-state index contributed by atoms with van der Waals surface area (Å²) in [5.41, 5.74) is 7.47. The van der Waals surface area contributed by atoms with Crippen molar-refractivity contribution in [1.29, 1.82) is 0 Å². The van der Waals surface area contributed by atoms with Gasteiger partial charge in [0.2, 0.25) is 0 Å². The van der Waals surface area contributed by atoms with Crippen molar-refractivity contribution in [3.8, 4) is 0 Å². The van der Waals surface area contributed by atoms with Gasteiger partial charge in [-0.25, -0.2) is 0 Å². The molecule has 1 nitrogen and oxygen atoms in total. The van der Waals surface area contributed by atoms with Crippen molar-refractivity contribution in [2.45, 2.75) is 51.0 Å². The minimum Gasteiger partial charge on any atom is -0.324 e. The average Bonchev–Trinajstić information content (AvgIpc) is 2.37. The zero-order chi connectivity index (χ0) is 13.0. The van der Waals surface area contributed by atoms with Crippen molar-refractivity contribution >= 4 is 27.5 Å². The van der Waals surface area contributed by atoms with Gasteiger partial charge in [0, 0.05) is 15.5 Å². The second-order valence-electron chi connectivity index (χ2n) is 5.35. The largest absolute Gasteiger partial charge is 0.324 e. The number of benzene rings is 1. The van der Waals surface area contributed by atoms with Gasteiger partial charge in [-0.05, 0) is 36.5 Å². The predicted octanol–water partition coefficient (Wildman–Crippen LogP) is 5.46. The van der Waals surface area contributed by atoms with Gasteiger partial charge in [-0.3, -0.25) is 0 Å². The Balaban J connectivity index is 1.88. The Morgan fingerprint density at radius 3 is 2.67 bits per heavy atom. The summed E-state index contributed by atoms with van der Waals surface area (Å²) >= 11 is 9.50. The molecule has 1 aromatic rings. The van der Waals surface area contributed by atoms with Gasteiger partial charge >= 0.3 is 0 Å². The van der Waals surface area contributed by atoms with Crippen LogP contribution in [0.2, 0.25) is 5.02 Å². The molecule has 1 aliphatic rings. The number of hydrogen-bond donors (Lipinski definition) is 1. The lowest BCUT2D eigenvalue weighted by Crippen LogP contribution is -2.14. The average molecular weight is 331 g/mol. The van der Waals surface area contributed by atoms with Crippen LogP contribution in [0, 0.1) is 5.92 Å². The number of hydrogen-bond acceptors (Lipinski definition) is 1. The first-order valence-electron chi connectivity index (χ1n) is 6.87. The molecule has 1 saturated carbocycles. The second-order valence-corrected chi connectivity index (χ2v) is 6.64. The van der Waals surface area contributed by atoms with Crippen molar-refractivity contribution < 1.29 is 0 Å². The predicted molar refractivity (Wildman–Crippen MR) is 81.9 cm³/mol. The maximum Gasteiger partial charge on any atom is 0.0417 e. The van der Waals surface area contributed by atoms with Crippen LogP contribution in [0.25, 0.3) is 0 Å². The Hall–Kier alpha value is -0.0500. The molecule has 0 aromatic heterocycles. The van der Waals surface area contributed by atoms with E-state index in [1.54, 1.807) is 0 Å². The standard InChI is InChI=1S/C15H21BrClN/c16-14-10-12(17)7-8-13(14)15(18)9-6-11-4-2-1-3-5-11/h7-8,10-11,15H,1-6,9,18H2. The van der Waals surface area contributed by atoms with Gasteiger partial charge < -0.3 is 5.73 Å². The Kier molecular flexibility index (Phi) is 5.53. The van der Waals surface area contributed by atoms with E-state index < -0.39 is 0 Å². The number of nitrogens with two attached hydrogens (primary N) is 1. The van der Waals surface area contributed by atoms with E-state index in [9.17, 15) is 0 Å². The van der Waals surface area contributed by atoms with E-state index in [1.165, 1.54) is 44.1 Å². The molecule has 0 radical (unpaired) electrons. The smallest absolute Gasteiger partial charge is 0.0417 e. The van der Waals surface area contributed by atoms with Crippen molar-refractivity contribution in [1.82, 2.24) is 0 Å². The number of rotatable bonds is 4. The molecule has 2 rings (SSSR count). The van der Waals surface area contributed by atoms with Crippen molar-refractivity contribution in [3.63, 3.8) is 0 Å². The maximum absolute atomic E-state index is 6.29. The van der Waals surface area contributed by atoms with Crippen LogP contribution in [0.4, 0.5) is 0 Å². The zero-order valence-electron chi connectivity index (χ0n) is 10.7. The molecule has 0 saturated heterocycles. The molecule has 0 aliphatic heterocycles. The lowest BCUT2D eigenvalue weighted by Gasteiger charge is -2.23. The highest BCUT2D eigenvalue weighted by Gasteiger charge is 2.16. The maximum atomic E-state index is 6.29. The molecular weight excluding hydrogens is 310 g/mol. The van der Waals surface area contributed by atoms with Crippen molar-refractivity contribution in [2.75, 3.05) is 0 Å². The van der Waals surface area contributed by atoms with Crippen LogP contribution in [0.15, 0.2) is 22.7 Å². The molecule has 18 heavy (non-hydrogen) atoms. The van der Waals surface area contributed by atoms with Crippen LogP contribution in [0.5, 0.6) is 0 Å². The topological polar surface area (TPSA) is 26.0 Å². The molecule has 100 valence electrons. The van der Waals surface area contributed by atoms with E-state index in [0.717, 1.165) is 21.8 Å². The molecule has 0 bridgehead atoms. The Labute approximate surface area is 123 Å². The Morgan fingerprint density at radius 2 is 2.00 bits per heavy atom. The van der Waals surface area contributed by atoms with Crippen LogP contribution >= 0.6 is 27.5 Å². The second kappa shape index (κ2) is 6.93. The van der Waals surface area contributed by atoms with Gasteiger partial charge in [-0.2, -0.15) is 0 Å². The molecule has 1 aliphatic carbocycles. The molecule has 1 fully saturated rings. The summed E-state index contributed by atoms with van der Waals surface area (Å²) in [4.78, 5) is 0. The van der Waals surface area contributed by atoms with Gasteiger partial charge in [-0.15, -0.1) is 0 Å². The highest BCUT2D eigenvalue weighted by molar-refractivity contribution is 9.10. The van der Waals surface area contributed by atoms with Crippen LogP contribution in [0.1, 0.15) is 56.6 Å². The first-order chi connectivity index (χ1) is 8.66. The minimum absolute atomic E-state index is 0.124. The van der Waals surface area contributed by atoms with E-state index in [1.807, 2.05) is 18.2 Å². The van der Waals surface area contributed by atoms with E-state index in [0.29, 0.717) is 0 Å². The third-order valence-electron chi connectivity index (χ3n) is 3.97. The highest BCUT2D eigenvalue weighted by atomic mass is 79.9. The van der Waals surface area contributed by atoms with Crippen LogP contribution in [-0.4, -0.2) is 0 Å². The molecule has 2 N–H and O–H groups in total. The normalized spacial score (nSPS) is 18.8. The fourth-order valence-electron chi connectivity index (χ4n) is 2.85. The minimum atomic E-state index is 0.124. The Bertz CT molecular complexity index is 388. The summed E-state index contributed by atoms with van der Waals surface area (Å²) < 4.78 is 1.03. The van der Waals surface area contributed by atoms with Gasteiger partial charge in [0.05, 0.1) is 0 Å². The van der Waals surface area contributed by atoms with E-state index in [4.69, 9.17) is 17.3 Å². The molecular formula is C15H21BrClN. The van der Waals surface area contributed by atoms with Crippen LogP contribution in [0.3, 0.4) is 0 Å². The van der Waals surface area contributed by atoms with Crippen molar-refractivity contribution in [3.05, 3.63) is 33.3 Å². The summed E-state index contributed by atoms with van der Waals surface area (Å²) in [5, 5.41) is 0.755. The summed E-state index contributed by atoms with van der Waals surface area (Å²) in [7, 11) is 0. The fourth-order valence-corrected chi connectivity index (χ4v) is 3.83. The molecule has 3 heteroatoms. The van der Waals surface area contributed by atoms with E-state index >= 15 is 0 Å². The molecule has 0 spiro atoms. The first kappa shape index (κ1) is 14.4. The summed E-state index contributed by atoms with van der Waals surface area (Å²) in [6.07, 6.45) is 9.37. The first-order valence-corrected chi connectivity index (χ1v) is 8.04. The summed E-state index contributed by atoms with van der Waals surface area (Å²) in [6.45, 7) is 0. The lowest BCUT2D eigenvalue weighted by atomic mass is 9.84. The Morgan fingerprint density at radius 1 is 1.28 bits per heavy atom. The molecule has 0 amide bonds.